The molecule has 4 rings (SSSR count). The van der Waals surface area contributed by atoms with Crippen LogP contribution in [0.1, 0.15) is 30.3 Å². The average molecular weight is 377 g/mol. The third-order valence-electron chi connectivity index (χ3n) is 5.72. The highest BCUT2D eigenvalue weighted by Crippen LogP contribution is 2.23. The van der Waals surface area contributed by atoms with Crippen molar-refractivity contribution >= 4 is 5.91 Å². The summed E-state index contributed by atoms with van der Waals surface area (Å²) in [5.74, 6) is 0.0525. The number of rotatable bonds is 5. The summed E-state index contributed by atoms with van der Waals surface area (Å²) in [6, 6.07) is 12.2. The molecule has 1 fully saturated rings. The van der Waals surface area contributed by atoms with Crippen LogP contribution in [0.4, 0.5) is 0 Å². The third kappa shape index (κ3) is 3.73. The van der Waals surface area contributed by atoms with Gasteiger partial charge in [0.25, 0.3) is 5.91 Å². The second kappa shape index (κ2) is 8.02. The van der Waals surface area contributed by atoms with Crippen molar-refractivity contribution < 1.29 is 4.79 Å². The molecule has 6 heteroatoms. The Hall–Kier alpha value is -2.86. The number of piperidine rings is 1. The van der Waals surface area contributed by atoms with E-state index in [9.17, 15) is 4.79 Å². The molecule has 0 spiro atoms. The van der Waals surface area contributed by atoms with E-state index in [1.807, 2.05) is 71.6 Å². The third-order valence-corrected chi connectivity index (χ3v) is 5.72. The molecular weight excluding hydrogens is 350 g/mol. The number of nitrogens with zero attached hydrogens (tertiary/aromatic N) is 4. The zero-order valence-corrected chi connectivity index (χ0v) is 16.5. The van der Waals surface area contributed by atoms with Crippen LogP contribution in [-0.2, 0) is 0 Å². The number of benzene rings is 1. The van der Waals surface area contributed by atoms with Gasteiger partial charge < -0.3 is 14.8 Å². The van der Waals surface area contributed by atoms with Gasteiger partial charge in [0.2, 0.25) is 0 Å². The smallest absolute Gasteiger partial charge is 0.270 e. The number of carbonyl (C=O) groups excluding carboxylic acids is 1. The van der Waals surface area contributed by atoms with Crippen LogP contribution in [0.3, 0.4) is 0 Å². The summed E-state index contributed by atoms with van der Waals surface area (Å²) in [4.78, 5) is 20.4. The highest BCUT2D eigenvalue weighted by atomic mass is 16.2. The topological polar surface area (TPSA) is 57.2 Å². The van der Waals surface area contributed by atoms with Crippen LogP contribution < -0.4 is 0 Å². The van der Waals surface area contributed by atoms with Crippen molar-refractivity contribution in [3.05, 3.63) is 60.7 Å². The number of carbonyl (C=O) groups is 1. The van der Waals surface area contributed by atoms with Gasteiger partial charge >= 0.3 is 0 Å². The number of para-hydroxylation sites is 1. The van der Waals surface area contributed by atoms with Crippen LogP contribution in [-0.4, -0.2) is 63.2 Å². The van der Waals surface area contributed by atoms with Crippen LogP contribution >= 0.6 is 0 Å². The number of likely N-dealkylation sites (tertiary alicyclic amines) is 1. The zero-order chi connectivity index (χ0) is 19.5. The van der Waals surface area contributed by atoms with Gasteiger partial charge in [0, 0.05) is 49.7 Å². The molecule has 0 saturated carbocycles. The Balaban J connectivity index is 1.45. The van der Waals surface area contributed by atoms with E-state index in [4.69, 9.17) is 0 Å². The summed E-state index contributed by atoms with van der Waals surface area (Å²) >= 11 is 0. The van der Waals surface area contributed by atoms with Gasteiger partial charge in [-0.25, -0.2) is 4.68 Å². The van der Waals surface area contributed by atoms with Crippen molar-refractivity contribution in [1.29, 1.82) is 0 Å². The second-order valence-electron chi connectivity index (χ2n) is 7.39. The summed E-state index contributed by atoms with van der Waals surface area (Å²) in [5.41, 5.74) is 3.60. The minimum Gasteiger partial charge on any atom is -0.357 e. The Kier molecular flexibility index (Phi) is 5.30. The van der Waals surface area contributed by atoms with Gasteiger partial charge in [0.05, 0.1) is 11.9 Å². The molecule has 6 nitrogen and oxygen atoms in total. The Morgan fingerprint density at radius 3 is 2.68 bits per heavy atom. The summed E-state index contributed by atoms with van der Waals surface area (Å²) in [5, 5.41) is 4.44. The first-order valence-corrected chi connectivity index (χ1v) is 9.94. The number of hydrogen-bond acceptors (Lipinski definition) is 3. The van der Waals surface area contributed by atoms with Gasteiger partial charge in [-0.2, -0.15) is 5.10 Å². The minimum absolute atomic E-state index is 0.0525. The SMILES string of the molecule is CCN1CCC(N(C)C(=O)c2cc(-c3cnn(-c4ccccc4)c3)c[nH]2)CC1. The maximum Gasteiger partial charge on any atom is 0.270 e. The lowest BCUT2D eigenvalue weighted by Crippen LogP contribution is -2.45. The second-order valence-corrected chi connectivity index (χ2v) is 7.39. The Labute approximate surface area is 165 Å². The standard InChI is InChI=1S/C22H27N5O/c1-3-26-11-9-19(10-12-26)25(2)22(28)21-13-17(14-23-21)18-15-24-27(16-18)20-7-5-4-6-8-20/h4-8,13-16,19,23H,3,9-12H2,1-2H3. The van der Waals surface area contributed by atoms with Gasteiger partial charge in [-0.1, -0.05) is 25.1 Å². The summed E-state index contributed by atoms with van der Waals surface area (Å²) < 4.78 is 1.84. The normalized spacial score (nSPS) is 15.6. The van der Waals surface area contributed by atoms with Crippen molar-refractivity contribution in [2.24, 2.45) is 0 Å². The molecule has 0 unspecified atom stereocenters. The molecule has 0 aliphatic carbocycles. The quantitative estimate of drug-likeness (QED) is 0.741. The van der Waals surface area contributed by atoms with Crippen LogP contribution in [0.5, 0.6) is 0 Å². The van der Waals surface area contributed by atoms with E-state index in [-0.39, 0.29) is 5.91 Å². The number of aromatic nitrogens is 3. The first-order valence-electron chi connectivity index (χ1n) is 9.94. The van der Waals surface area contributed by atoms with Crippen molar-refractivity contribution in [3.63, 3.8) is 0 Å². The zero-order valence-electron chi connectivity index (χ0n) is 16.5. The number of nitrogens with one attached hydrogen (secondary N) is 1. The lowest BCUT2D eigenvalue weighted by Gasteiger charge is -2.36. The maximum atomic E-state index is 12.9. The number of hydrogen-bond donors (Lipinski definition) is 1. The fourth-order valence-electron chi connectivity index (χ4n) is 3.86. The molecule has 1 saturated heterocycles. The van der Waals surface area contributed by atoms with Crippen molar-refractivity contribution in [2.75, 3.05) is 26.7 Å². The van der Waals surface area contributed by atoms with Crippen LogP contribution in [0, 0.1) is 0 Å². The lowest BCUT2D eigenvalue weighted by molar-refractivity contribution is 0.0642. The first kappa shape index (κ1) is 18.5. The number of H-pyrrole nitrogens is 1. The molecule has 1 amide bonds. The molecule has 3 heterocycles. The number of aromatic amines is 1. The number of amides is 1. The molecular formula is C22H27N5O. The van der Waals surface area contributed by atoms with E-state index in [1.54, 1.807) is 0 Å². The van der Waals surface area contributed by atoms with E-state index in [1.165, 1.54) is 0 Å². The van der Waals surface area contributed by atoms with Gasteiger partial charge in [-0.05, 0) is 37.6 Å². The molecule has 3 aromatic rings. The Morgan fingerprint density at radius 2 is 1.96 bits per heavy atom. The summed E-state index contributed by atoms with van der Waals surface area (Å²) in [7, 11) is 1.92. The molecule has 28 heavy (non-hydrogen) atoms. The maximum absolute atomic E-state index is 12.9. The fraction of sp³-hybridized carbons (Fsp3) is 0.364. The lowest BCUT2D eigenvalue weighted by atomic mass is 10.0. The molecule has 0 bridgehead atoms. The Morgan fingerprint density at radius 1 is 1.21 bits per heavy atom. The fourth-order valence-corrected chi connectivity index (χ4v) is 3.86. The minimum atomic E-state index is 0.0525. The molecule has 1 aromatic carbocycles. The summed E-state index contributed by atoms with van der Waals surface area (Å²) in [6.45, 7) is 5.40. The summed E-state index contributed by atoms with van der Waals surface area (Å²) in [6.07, 6.45) is 7.76. The van der Waals surface area contributed by atoms with E-state index in [0.717, 1.165) is 49.3 Å². The molecule has 1 aliphatic heterocycles. The Bertz CT molecular complexity index is 921. The molecule has 0 radical (unpaired) electrons. The molecule has 146 valence electrons. The predicted molar refractivity (Wildman–Crippen MR) is 111 cm³/mol. The van der Waals surface area contributed by atoms with Crippen molar-refractivity contribution in [3.8, 4) is 16.8 Å². The molecule has 2 aromatic heterocycles. The van der Waals surface area contributed by atoms with E-state index >= 15 is 0 Å². The van der Waals surface area contributed by atoms with E-state index in [0.29, 0.717) is 11.7 Å². The van der Waals surface area contributed by atoms with Crippen LogP contribution in [0.15, 0.2) is 55.0 Å². The monoisotopic (exact) mass is 377 g/mol. The van der Waals surface area contributed by atoms with Crippen molar-refractivity contribution in [2.45, 2.75) is 25.8 Å². The highest BCUT2D eigenvalue weighted by Gasteiger charge is 2.26. The van der Waals surface area contributed by atoms with Crippen LogP contribution in [0.2, 0.25) is 0 Å². The largest absolute Gasteiger partial charge is 0.357 e. The first-order chi connectivity index (χ1) is 13.7. The van der Waals surface area contributed by atoms with Gasteiger partial charge in [0.15, 0.2) is 0 Å². The van der Waals surface area contributed by atoms with E-state index in [2.05, 4.69) is 21.9 Å². The average Bonchev–Trinajstić information content (AvgIpc) is 3.43. The van der Waals surface area contributed by atoms with Gasteiger partial charge in [0.1, 0.15) is 5.69 Å². The molecule has 1 aliphatic rings. The molecule has 1 N–H and O–H groups in total. The van der Waals surface area contributed by atoms with Gasteiger partial charge in [-0.3, -0.25) is 4.79 Å². The van der Waals surface area contributed by atoms with E-state index < -0.39 is 0 Å². The molecule has 0 atom stereocenters. The predicted octanol–water partition coefficient (Wildman–Crippen LogP) is 3.42. The van der Waals surface area contributed by atoms with Crippen molar-refractivity contribution in [1.82, 2.24) is 24.6 Å². The van der Waals surface area contributed by atoms with Crippen LogP contribution in [0.25, 0.3) is 16.8 Å². The van der Waals surface area contributed by atoms with Gasteiger partial charge in [-0.15, -0.1) is 0 Å². The highest BCUT2D eigenvalue weighted by molar-refractivity contribution is 5.94.